The summed E-state index contributed by atoms with van der Waals surface area (Å²) in [5, 5.41) is 0. The Hall–Kier alpha value is -0.260. The molecule has 0 nitrogen and oxygen atoms in total. The summed E-state index contributed by atoms with van der Waals surface area (Å²) in [6, 6.07) is 0. The van der Waals surface area contributed by atoms with Gasteiger partial charge in [-0.25, -0.2) is 0 Å². The van der Waals surface area contributed by atoms with Crippen molar-refractivity contribution >= 4 is 0 Å². The Bertz CT molecular complexity index is 409. The van der Waals surface area contributed by atoms with Crippen LogP contribution < -0.4 is 0 Å². The molecule has 0 radical (unpaired) electrons. The van der Waals surface area contributed by atoms with Crippen molar-refractivity contribution in [3.63, 3.8) is 0 Å². The number of allylic oxidation sites excluding steroid dienone is 2. The quantitative estimate of drug-likeness (QED) is 0.370. The van der Waals surface area contributed by atoms with Gasteiger partial charge in [0, 0.05) is 0 Å². The van der Waals surface area contributed by atoms with E-state index < -0.39 is 0 Å². The van der Waals surface area contributed by atoms with Crippen LogP contribution in [0.2, 0.25) is 0 Å². The lowest BCUT2D eigenvalue weighted by molar-refractivity contribution is -0.167. The molecular formula is C24H46. The highest BCUT2D eigenvalue weighted by Gasteiger charge is 2.66. The zero-order chi connectivity index (χ0) is 18.6. The Morgan fingerprint density at radius 2 is 0.958 bits per heavy atom. The highest BCUT2D eigenvalue weighted by Crippen LogP contribution is 2.75. The molecule has 0 aromatic carbocycles. The monoisotopic (exact) mass is 334 g/mol. The second-order valence-corrected chi connectivity index (χ2v) is 8.25. The molecule has 1 rings (SSSR count). The Balaban J connectivity index is 4.03. The fraction of sp³-hybridized carbons (Fsp3) is 0.917. The SMILES string of the molecule is CCC1=CC(CC)(CC)C(CC)(CC)C(CC)(CC)C1(CC)CC. The molecule has 0 aromatic rings. The van der Waals surface area contributed by atoms with Crippen LogP contribution in [0, 0.1) is 21.7 Å². The second-order valence-electron chi connectivity index (χ2n) is 8.25. The number of rotatable bonds is 9. The summed E-state index contributed by atoms with van der Waals surface area (Å²) in [5.74, 6) is 0. The third kappa shape index (κ3) is 2.30. The van der Waals surface area contributed by atoms with E-state index in [9.17, 15) is 0 Å². The first-order valence-corrected chi connectivity index (χ1v) is 11.1. The van der Waals surface area contributed by atoms with Gasteiger partial charge in [-0.2, -0.15) is 0 Å². The minimum absolute atomic E-state index is 0.377. The van der Waals surface area contributed by atoms with Crippen LogP contribution in [0.5, 0.6) is 0 Å². The molecule has 0 spiro atoms. The predicted octanol–water partition coefficient (Wildman–Crippen LogP) is 8.56. The maximum absolute atomic E-state index is 2.82. The molecule has 0 N–H and O–H groups in total. The van der Waals surface area contributed by atoms with Crippen molar-refractivity contribution in [1.29, 1.82) is 0 Å². The third-order valence-corrected chi connectivity index (χ3v) is 9.11. The van der Waals surface area contributed by atoms with E-state index in [0.717, 1.165) is 0 Å². The highest BCUT2D eigenvalue weighted by atomic mass is 14.7. The fourth-order valence-corrected chi connectivity index (χ4v) is 8.04. The maximum atomic E-state index is 2.82. The van der Waals surface area contributed by atoms with Gasteiger partial charge >= 0.3 is 0 Å². The van der Waals surface area contributed by atoms with Crippen molar-refractivity contribution < 1.29 is 0 Å². The normalized spacial score (nSPS) is 23.8. The minimum atomic E-state index is 0.377. The lowest BCUT2D eigenvalue weighted by Gasteiger charge is -2.70. The molecule has 0 saturated carbocycles. The van der Waals surface area contributed by atoms with Crippen molar-refractivity contribution in [2.24, 2.45) is 21.7 Å². The first-order valence-electron chi connectivity index (χ1n) is 11.1. The van der Waals surface area contributed by atoms with E-state index in [1.54, 1.807) is 5.57 Å². The second kappa shape index (κ2) is 7.96. The lowest BCUT2D eigenvalue weighted by atomic mass is 9.33. The lowest BCUT2D eigenvalue weighted by Crippen LogP contribution is -2.62. The van der Waals surface area contributed by atoms with E-state index in [2.05, 4.69) is 68.4 Å². The molecule has 1 aliphatic carbocycles. The van der Waals surface area contributed by atoms with E-state index in [-0.39, 0.29) is 0 Å². The van der Waals surface area contributed by atoms with Gasteiger partial charge < -0.3 is 0 Å². The molecule has 0 atom stereocenters. The molecule has 1 aliphatic rings. The average molecular weight is 335 g/mol. The molecule has 0 heterocycles. The molecule has 142 valence electrons. The van der Waals surface area contributed by atoms with Crippen LogP contribution in [0.15, 0.2) is 11.6 Å². The van der Waals surface area contributed by atoms with Gasteiger partial charge in [0.1, 0.15) is 0 Å². The Morgan fingerprint density at radius 1 is 0.542 bits per heavy atom. The summed E-state index contributed by atoms with van der Waals surface area (Å²) in [4.78, 5) is 0. The molecule has 0 saturated heterocycles. The molecule has 0 amide bonds. The average Bonchev–Trinajstić information content (AvgIpc) is 2.65. The van der Waals surface area contributed by atoms with Crippen LogP contribution in [-0.4, -0.2) is 0 Å². The van der Waals surface area contributed by atoms with Crippen molar-refractivity contribution in [1.82, 2.24) is 0 Å². The van der Waals surface area contributed by atoms with Gasteiger partial charge in [-0.3, -0.25) is 0 Å². The van der Waals surface area contributed by atoms with Crippen LogP contribution in [0.25, 0.3) is 0 Å². The van der Waals surface area contributed by atoms with Crippen molar-refractivity contribution in [3.8, 4) is 0 Å². The minimum Gasteiger partial charge on any atom is -0.0780 e. The van der Waals surface area contributed by atoms with E-state index >= 15 is 0 Å². The highest BCUT2D eigenvalue weighted by molar-refractivity contribution is 5.33. The topological polar surface area (TPSA) is 0 Å². The predicted molar refractivity (Wildman–Crippen MR) is 110 cm³/mol. The molecule has 24 heavy (non-hydrogen) atoms. The molecule has 0 fully saturated rings. The summed E-state index contributed by atoms with van der Waals surface area (Å²) in [6.07, 6.45) is 14.5. The summed E-state index contributed by atoms with van der Waals surface area (Å²) < 4.78 is 0. The summed E-state index contributed by atoms with van der Waals surface area (Å²) in [5.41, 5.74) is 3.42. The molecule has 0 unspecified atom stereocenters. The van der Waals surface area contributed by atoms with Crippen molar-refractivity contribution in [2.75, 3.05) is 0 Å². The van der Waals surface area contributed by atoms with E-state index in [1.165, 1.54) is 57.8 Å². The van der Waals surface area contributed by atoms with Gasteiger partial charge in [0.15, 0.2) is 0 Å². The molecule has 0 heteroatoms. The Kier molecular flexibility index (Phi) is 7.23. The number of hydrogen-bond acceptors (Lipinski definition) is 0. The van der Waals surface area contributed by atoms with Crippen LogP contribution in [-0.2, 0) is 0 Å². The van der Waals surface area contributed by atoms with Gasteiger partial charge in [-0.1, -0.05) is 74.0 Å². The van der Waals surface area contributed by atoms with E-state index in [1.807, 2.05) is 0 Å². The van der Waals surface area contributed by atoms with Gasteiger partial charge in [0.2, 0.25) is 0 Å². The van der Waals surface area contributed by atoms with E-state index in [0.29, 0.717) is 21.7 Å². The maximum Gasteiger partial charge on any atom is -0.00314 e. The van der Waals surface area contributed by atoms with Gasteiger partial charge in [-0.15, -0.1) is 0 Å². The fourth-order valence-electron chi connectivity index (χ4n) is 8.04. The first kappa shape index (κ1) is 21.8. The largest absolute Gasteiger partial charge is 0.0780 e. The Morgan fingerprint density at radius 3 is 1.21 bits per heavy atom. The molecule has 0 aliphatic heterocycles. The zero-order valence-corrected chi connectivity index (χ0v) is 18.4. The van der Waals surface area contributed by atoms with Crippen molar-refractivity contribution in [2.45, 2.75) is 120 Å². The first-order chi connectivity index (χ1) is 11.4. The van der Waals surface area contributed by atoms with Crippen molar-refractivity contribution in [3.05, 3.63) is 11.6 Å². The zero-order valence-electron chi connectivity index (χ0n) is 18.4. The van der Waals surface area contributed by atoms with Gasteiger partial charge in [0.05, 0.1) is 0 Å². The number of hydrogen-bond donors (Lipinski definition) is 0. The molecular weight excluding hydrogens is 288 g/mol. The van der Waals surface area contributed by atoms with Gasteiger partial charge in [-0.05, 0) is 79.4 Å². The van der Waals surface area contributed by atoms with E-state index in [4.69, 9.17) is 0 Å². The third-order valence-electron chi connectivity index (χ3n) is 9.11. The standard InChI is InChI=1S/C24H46/c1-10-20-19-21(11-2,12-3)23(15-6,16-7)24(17-8,18-9)22(20,13-4)14-5/h19H,10-18H2,1-9H3. The van der Waals surface area contributed by atoms with Crippen LogP contribution in [0.3, 0.4) is 0 Å². The summed E-state index contributed by atoms with van der Waals surface area (Å²) >= 11 is 0. The molecule has 0 bridgehead atoms. The Labute approximate surface area is 153 Å². The molecule has 0 aromatic heterocycles. The van der Waals surface area contributed by atoms with Crippen LogP contribution in [0.1, 0.15) is 120 Å². The summed E-state index contributed by atoms with van der Waals surface area (Å²) in [6.45, 7) is 22.2. The van der Waals surface area contributed by atoms with Gasteiger partial charge in [0.25, 0.3) is 0 Å². The van der Waals surface area contributed by atoms with Crippen LogP contribution >= 0.6 is 0 Å². The smallest absolute Gasteiger partial charge is 0.00314 e. The van der Waals surface area contributed by atoms with Crippen LogP contribution in [0.4, 0.5) is 0 Å². The summed E-state index contributed by atoms with van der Waals surface area (Å²) in [7, 11) is 0.